The van der Waals surface area contributed by atoms with Crippen LogP contribution in [0.4, 0.5) is 26.3 Å². The molecule has 15 heteroatoms. The first-order valence-electron chi connectivity index (χ1n) is 11.8. The van der Waals surface area contributed by atoms with Crippen molar-refractivity contribution in [2.45, 2.75) is 22.9 Å². The number of allylic oxidation sites excluding steroid dienone is 2. The van der Waals surface area contributed by atoms with Crippen molar-refractivity contribution in [3.05, 3.63) is 101 Å². The summed E-state index contributed by atoms with van der Waals surface area (Å²) in [5.41, 5.74) is -5.30. The predicted molar refractivity (Wildman–Crippen MR) is 141 cm³/mol. The van der Waals surface area contributed by atoms with Crippen molar-refractivity contribution in [1.29, 1.82) is 0 Å². The second kappa shape index (κ2) is 13.6. The second-order valence-electron chi connectivity index (χ2n) is 8.54. The number of Topliss-reactive ketones (excluding diaryl/α,β-unsaturated/α-hetero) is 1. The van der Waals surface area contributed by atoms with E-state index in [1.54, 1.807) is 0 Å². The third-order valence-electron chi connectivity index (χ3n) is 5.42. The first-order chi connectivity index (χ1) is 20.0. The van der Waals surface area contributed by atoms with Crippen molar-refractivity contribution in [3.63, 3.8) is 0 Å². The van der Waals surface area contributed by atoms with E-state index < -0.39 is 65.5 Å². The van der Waals surface area contributed by atoms with E-state index in [2.05, 4.69) is 10.1 Å². The van der Waals surface area contributed by atoms with Crippen molar-refractivity contribution < 1.29 is 60.5 Å². The lowest BCUT2D eigenvalue weighted by Crippen LogP contribution is -2.36. The molecule has 0 aromatic heterocycles. The Morgan fingerprint density at radius 1 is 0.837 bits per heavy atom. The quantitative estimate of drug-likeness (QED) is 0.110. The van der Waals surface area contributed by atoms with Crippen LogP contribution < -0.4 is 10.1 Å². The van der Waals surface area contributed by atoms with Crippen molar-refractivity contribution in [1.82, 2.24) is 5.32 Å². The molecule has 8 nitrogen and oxygen atoms in total. The summed E-state index contributed by atoms with van der Waals surface area (Å²) >= 11 is -0.455. The number of hydrogen-bond acceptors (Lipinski definition) is 7. The lowest BCUT2D eigenvalue weighted by Gasteiger charge is -2.12. The Bertz CT molecular complexity index is 1530. The summed E-state index contributed by atoms with van der Waals surface area (Å²) in [5, 5.41) is 20.2. The largest absolute Gasteiger partial charge is 0.573 e. The summed E-state index contributed by atoms with van der Waals surface area (Å²) in [5.74, 6) is -4.65. The SMILES string of the molecule is O=C(C=C(C(=O)c1ccc(C(=O)NC[C@@H](O)C(=O)O)cc1)c1ccc(OC(F)(F)F)cc1)c1cccc(SC(F)(F)F)c1. The molecule has 3 aromatic rings. The standard InChI is InChI=1S/C28H19F6NO7S/c29-27(30,31)42-19-10-8-15(9-11-19)21(13-22(36)18-2-1-3-20(12-18)43-28(32,33)34)24(38)16-4-6-17(7-5-16)25(39)35-14-23(37)26(40)41/h1-13,23,37H,14H2,(H,35,39)(H,40,41)/t23-/m1/s1. The molecule has 1 amide bonds. The maximum Gasteiger partial charge on any atom is 0.573 e. The molecule has 43 heavy (non-hydrogen) atoms. The highest BCUT2D eigenvalue weighted by Gasteiger charge is 2.31. The molecule has 0 aliphatic carbocycles. The number of carboxylic acid groups (broad SMARTS) is 1. The van der Waals surface area contributed by atoms with E-state index in [-0.39, 0.29) is 32.7 Å². The molecule has 0 fully saturated rings. The third kappa shape index (κ3) is 10.0. The summed E-state index contributed by atoms with van der Waals surface area (Å²) in [4.78, 5) is 49.2. The van der Waals surface area contributed by atoms with Gasteiger partial charge in [0.25, 0.3) is 5.91 Å². The van der Waals surface area contributed by atoms with Gasteiger partial charge >= 0.3 is 17.8 Å². The number of halogens is 6. The smallest absolute Gasteiger partial charge is 0.479 e. The molecule has 3 rings (SSSR count). The van der Waals surface area contributed by atoms with Crippen LogP contribution >= 0.6 is 11.8 Å². The van der Waals surface area contributed by atoms with Gasteiger partial charge in [0.15, 0.2) is 17.7 Å². The molecule has 3 N–H and O–H groups in total. The molecule has 0 saturated carbocycles. The van der Waals surface area contributed by atoms with Gasteiger partial charge in [-0.3, -0.25) is 14.4 Å². The number of carboxylic acids is 1. The van der Waals surface area contributed by atoms with Gasteiger partial charge < -0.3 is 20.3 Å². The van der Waals surface area contributed by atoms with Crippen LogP contribution in [0.25, 0.3) is 5.57 Å². The van der Waals surface area contributed by atoms with Crippen molar-refractivity contribution in [2.24, 2.45) is 0 Å². The second-order valence-corrected chi connectivity index (χ2v) is 9.68. The zero-order chi connectivity index (χ0) is 31.9. The lowest BCUT2D eigenvalue weighted by molar-refractivity contribution is -0.274. The van der Waals surface area contributed by atoms with Crippen LogP contribution in [0.2, 0.25) is 0 Å². The summed E-state index contributed by atoms with van der Waals surface area (Å²) in [6.07, 6.45) is -6.02. The average molecular weight is 628 g/mol. The number of carbonyl (C=O) groups is 4. The first-order valence-corrected chi connectivity index (χ1v) is 12.7. The van der Waals surface area contributed by atoms with Gasteiger partial charge in [0.1, 0.15) is 5.75 Å². The van der Waals surface area contributed by atoms with Crippen LogP contribution in [0.3, 0.4) is 0 Å². The van der Waals surface area contributed by atoms with Gasteiger partial charge in [0, 0.05) is 27.2 Å². The number of ketones is 2. The van der Waals surface area contributed by atoms with Gasteiger partial charge in [0.05, 0.1) is 6.54 Å². The van der Waals surface area contributed by atoms with Crippen molar-refractivity contribution >= 4 is 40.8 Å². The number of aliphatic hydroxyl groups excluding tert-OH is 1. The molecular formula is C28H19F6NO7S. The maximum absolute atomic E-state index is 13.5. The highest BCUT2D eigenvalue weighted by Crippen LogP contribution is 2.37. The van der Waals surface area contributed by atoms with E-state index in [1.165, 1.54) is 36.4 Å². The topological polar surface area (TPSA) is 130 Å². The zero-order valence-electron chi connectivity index (χ0n) is 21.4. The minimum Gasteiger partial charge on any atom is -0.479 e. The van der Waals surface area contributed by atoms with E-state index >= 15 is 0 Å². The molecule has 0 saturated heterocycles. The molecule has 0 aliphatic heterocycles. The van der Waals surface area contributed by atoms with Gasteiger partial charge in [-0.25, -0.2) is 4.79 Å². The van der Waals surface area contributed by atoms with Crippen molar-refractivity contribution in [2.75, 3.05) is 6.54 Å². The molecule has 226 valence electrons. The third-order valence-corrected chi connectivity index (χ3v) is 6.14. The maximum atomic E-state index is 13.5. The van der Waals surface area contributed by atoms with Crippen LogP contribution in [0.1, 0.15) is 36.6 Å². The number of carbonyl (C=O) groups excluding carboxylic acids is 3. The van der Waals surface area contributed by atoms with Crippen LogP contribution in [0.5, 0.6) is 5.75 Å². The molecule has 0 spiro atoms. The van der Waals surface area contributed by atoms with Gasteiger partial charge in [-0.05, 0) is 59.8 Å². The average Bonchev–Trinajstić information content (AvgIpc) is 2.93. The number of hydrogen-bond donors (Lipinski definition) is 3. The first kappa shape index (κ1) is 32.9. The van der Waals surface area contributed by atoms with E-state index in [4.69, 9.17) is 5.11 Å². The molecule has 0 bridgehead atoms. The molecule has 1 atom stereocenters. The normalized spacial score (nSPS) is 12.8. The Hall–Kier alpha value is -4.63. The number of nitrogens with one attached hydrogen (secondary N) is 1. The number of rotatable bonds is 11. The zero-order valence-corrected chi connectivity index (χ0v) is 22.2. The van der Waals surface area contributed by atoms with Crippen LogP contribution in [0.15, 0.2) is 83.8 Å². The number of benzene rings is 3. The fraction of sp³-hybridized carbons (Fsp3) is 0.143. The Kier molecular flexibility index (Phi) is 10.4. The van der Waals surface area contributed by atoms with Gasteiger partial charge in [0.2, 0.25) is 0 Å². The number of aliphatic hydroxyl groups is 1. The number of aliphatic carboxylic acids is 1. The fourth-order valence-corrected chi connectivity index (χ4v) is 4.08. The predicted octanol–water partition coefficient (Wildman–Crippen LogP) is 5.52. The molecule has 3 aromatic carbocycles. The summed E-state index contributed by atoms with van der Waals surface area (Å²) in [6.45, 7) is -0.597. The van der Waals surface area contributed by atoms with Crippen LogP contribution in [-0.4, -0.2) is 58.2 Å². The number of thioether (sulfide) groups is 1. The monoisotopic (exact) mass is 627 g/mol. The number of alkyl halides is 6. The summed E-state index contributed by atoms with van der Waals surface area (Å²) < 4.78 is 80.0. The minimum absolute atomic E-state index is 0.0247. The van der Waals surface area contributed by atoms with Crippen LogP contribution in [-0.2, 0) is 4.79 Å². The summed E-state index contributed by atoms with van der Waals surface area (Å²) in [6, 6.07) is 13.2. The van der Waals surface area contributed by atoms with Gasteiger partial charge in [-0.2, -0.15) is 13.2 Å². The van der Waals surface area contributed by atoms with Crippen molar-refractivity contribution in [3.8, 4) is 5.75 Å². The fourth-order valence-electron chi connectivity index (χ4n) is 3.48. The molecule has 0 unspecified atom stereocenters. The highest BCUT2D eigenvalue weighted by atomic mass is 32.2. The van der Waals surface area contributed by atoms with E-state index in [0.717, 1.165) is 42.5 Å². The molecular weight excluding hydrogens is 608 g/mol. The molecule has 0 radical (unpaired) electrons. The Labute approximate surface area is 243 Å². The minimum atomic E-state index is -4.99. The molecule has 0 aliphatic rings. The Morgan fingerprint density at radius 2 is 1.42 bits per heavy atom. The van der Waals surface area contributed by atoms with E-state index in [0.29, 0.717) is 0 Å². The Morgan fingerprint density at radius 3 is 1.98 bits per heavy atom. The summed E-state index contributed by atoms with van der Waals surface area (Å²) in [7, 11) is 0. The van der Waals surface area contributed by atoms with Crippen LogP contribution in [0, 0.1) is 0 Å². The lowest BCUT2D eigenvalue weighted by atomic mass is 9.94. The highest BCUT2D eigenvalue weighted by molar-refractivity contribution is 8.00. The number of ether oxygens (including phenoxy) is 1. The van der Waals surface area contributed by atoms with E-state index in [9.17, 15) is 50.6 Å². The number of amides is 1. The molecule has 0 heterocycles. The Balaban J connectivity index is 1.95. The van der Waals surface area contributed by atoms with Gasteiger partial charge in [-0.1, -0.05) is 36.4 Å². The van der Waals surface area contributed by atoms with Gasteiger partial charge in [-0.15, -0.1) is 13.2 Å². The van der Waals surface area contributed by atoms with E-state index in [1.807, 2.05) is 0 Å².